The molecule has 2 atom stereocenters. The van der Waals surface area contributed by atoms with Crippen LogP contribution in [0.3, 0.4) is 0 Å². The third-order valence-corrected chi connectivity index (χ3v) is 3.59. The van der Waals surface area contributed by atoms with E-state index in [-0.39, 0.29) is 11.9 Å². The lowest BCUT2D eigenvalue weighted by Gasteiger charge is -2.27. The Kier molecular flexibility index (Phi) is 4.72. The normalized spacial score (nSPS) is 21.8. The van der Waals surface area contributed by atoms with Crippen molar-refractivity contribution in [2.45, 2.75) is 44.8 Å². The highest BCUT2D eigenvalue weighted by Gasteiger charge is 2.20. The zero-order chi connectivity index (χ0) is 13.0. The molecule has 0 spiro atoms. The van der Waals surface area contributed by atoms with E-state index in [9.17, 15) is 4.39 Å². The van der Waals surface area contributed by atoms with E-state index in [2.05, 4.69) is 5.32 Å². The van der Waals surface area contributed by atoms with E-state index < -0.39 is 0 Å². The first-order valence-corrected chi connectivity index (χ1v) is 6.75. The molecular formula is C15H22FNO. The molecule has 2 rings (SSSR count). The van der Waals surface area contributed by atoms with Gasteiger partial charge in [-0.25, -0.2) is 4.39 Å². The van der Waals surface area contributed by atoms with Gasteiger partial charge in [-0.1, -0.05) is 6.07 Å². The molecule has 0 amide bonds. The Hall–Kier alpha value is -0.930. The molecule has 1 saturated heterocycles. The molecule has 1 aromatic carbocycles. The number of ether oxygens (including phenoxy) is 1. The number of halogens is 1. The van der Waals surface area contributed by atoms with Crippen LogP contribution >= 0.6 is 0 Å². The number of hydrogen-bond acceptors (Lipinski definition) is 2. The summed E-state index contributed by atoms with van der Waals surface area (Å²) in [6.45, 7) is 2.79. The molecule has 1 aliphatic heterocycles. The zero-order valence-electron chi connectivity index (χ0n) is 11.2. The van der Waals surface area contributed by atoms with E-state index in [1.165, 1.54) is 12.8 Å². The Morgan fingerprint density at radius 2 is 2.22 bits per heavy atom. The highest BCUT2D eigenvalue weighted by atomic mass is 19.1. The maximum atomic E-state index is 13.4. The van der Waals surface area contributed by atoms with Crippen LogP contribution in [-0.4, -0.2) is 19.8 Å². The van der Waals surface area contributed by atoms with Crippen LogP contribution in [0.4, 0.5) is 4.39 Å². The first-order chi connectivity index (χ1) is 8.69. The number of hydrogen-bond donors (Lipinski definition) is 1. The van der Waals surface area contributed by atoms with Crippen molar-refractivity contribution in [3.8, 4) is 0 Å². The second-order valence-electron chi connectivity index (χ2n) is 5.13. The van der Waals surface area contributed by atoms with E-state index in [1.807, 2.05) is 20.0 Å². The molecule has 1 N–H and O–H groups in total. The summed E-state index contributed by atoms with van der Waals surface area (Å²) >= 11 is 0. The zero-order valence-corrected chi connectivity index (χ0v) is 11.2. The Labute approximate surface area is 109 Å². The van der Waals surface area contributed by atoms with Crippen LogP contribution in [-0.2, 0) is 4.74 Å². The molecule has 0 saturated carbocycles. The average Bonchev–Trinajstić information content (AvgIpc) is 2.36. The number of nitrogens with one attached hydrogen (secondary N) is 1. The van der Waals surface area contributed by atoms with E-state index in [4.69, 9.17) is 4.74 Å². The molecule has 0 radical (unpaired) electrons. The van der Waals surface area contributed by atoms with Crippen molar-refractivity contribution in [2.24, 2.45) is 0 Å². The van der Waals surface area contributed by atoms with E-state index in [1.54, 1.807) is 12.1 Å². The quantitative estimate of drug-likeness (QED) is 0.886. The van der Waals surface area contributed by atoms with E-state index in [0.717, 1.165) is 30.6 Å². The standard InChI is InChI=1S/C15H22FNO/c1-11-7-12(9-13(16)8-11)15(17-2)10-14-5-3-4-6-18-14/h7-9,14-15,17H,3-6,10H2,1-2H3. The van der Waals surface area contributed by atoms with Gasteiger partial charge >= 0.3 is 0 Å². The first-order valence-electron chi connectivity index (χ1n) is 6.75. The molecule has 100 valence electrons. The largest absolute Gasteiger partial charge is 0.378 e. The van der Waals surface area contributed by atoms with Crippen molar-refractivity contribution in [1.82, 2.24) is 5.32 Å². The first kappa shape index (κ1) is 13.5. The molecule has 2 nitrogen and oxygen atoms in total. The van der Waals surface area contributed by atoms with Crippen LogP contribution < -0.4 is 5.32 Å². The van der Waals surface area contributed by atoms with Crippen LogP contribution in [0, 0.1) is 12.7 Å². The predicted octanol–water partition coefficient (Wildman–Crippen LogP) is 3.35. The average molecular weight is 251 g/mol. The van der Waals surface area contributed by atoms with Crippen molar-refractivity contribution in [3.05, 3.63) is 35.1 Å². The van der Waals surface area contributed by atoms with Gasteiger partial charge in [0, 0.05) is 12.6 Å². The fourth-order valence-corrected chi connectivity index (χ4v) is 2.64. The lowest BCUT2D eigenvalue weighted by Crippen LogP contribution is -2.27. The van der Waals surface area contributed by atoms with Gasteiger partial charge < -0.3 is 10.1 Å². The number of benzene rings is 1. The smallest absolute Gasteiger partial charge is 0.123 e. The fourth-order valence-electron chi connectivity index (χ4n) is 2.64. The van der Waals surface area contributed by atoms with Gasteiger partial charge in [-0.15, -0.1) is 0 Å². The Bertz CT molecular complexity index is 368. The molecule has 0 aromatic heterocycles. The van der Waals surface area contributed by atoms with Crippen LogP contribution in [0.1, 0.15) is 42.9 Å². The van der Waals surface area contributed by atoms with Crippen molar-refractivity contribution >= 4 is 0 Å². The van der Waals surface area contributed by atoms with Gasteiger partial charge in [-0.3, -0.25) is 0 Å². The molecule has 2 unspecified atom stereocenters. The monoisotopic (exact) mass is 251 g/mol. The summed E-state index contributed by atoms with van der Waals surface area (Å²) in [5.74, 6) is -0.158. The third kappa shape index (κ3) is 3.53. The fraction of sp³-hybridized carbons (Fsp3) is 0.600. The SMILES string of the molecule is CNC(CC1CCCCO1)c1cc(C)cc(F)c1. The minimum atomic E-state index is -0.158. The summed E-state index contributed by atoms with van der Waals surface area (Å²) in [6, 6.07) is 5.40. The summed E-state index contributed by atoms with van der Waals surface area (Å²) in [7, 11) is 1.92. The lowest BCUT2D eigenvalue weighted by molar-refractivity contribution is 0.00546. The van der Waals surface area contributed by atoms with Crippen molar-refractivity contribution in [3.63, 3.8) is 0 Å². The highest BCUT2D eigenvalue weighted by molar-refractivity contribution is 5.26. The summed E-state index contributed by atoms with van der Waals surface area (Å²) in [6.07, 6.45) is 4.74. The maximum absolute atomic E-state index is 13.4. The molecule has 1 heterocycles. The van der Waals surface area contributed by atoms with Crippen LogP contribution in [0.5, 0.6) is 0 Å². The second kappa shape index (κ2) is 6.30. The van der Waals surface area contributed by atoms with Gasteiger partial charge in [0.15, 0.2) is 0 Å². The molecule has 0 aliphatic carbocycles. The summed E-state index contributed by atoms with van der Waals surface area (Å²) in [5, 5.41) is 3.27. The Balaban J connectivity index is 2.06. The maximum Gasteiger partial charge on any atom is 0.123 e. The molecule has 1 fully saturated rings. The highest BCUT2D eigenvalue weighted by Crippen LogP contribution is 2.25. The van der Waals surface area contributed by atoms with Gasteiger partial charge in [0.1, 0.15) is 5.82 Å². The number of aryl methyl sites for hydroxylation is 1. The molecule has 18 heavy (non-hydrogen) atoms. The Morgan fingerprint density at radius 1 is 1.39 bits per heavy atom. The van der Waals surface area contributed by atoms with E-state index in [0.29, 0.717) is 6.10 Å². The van der Waals surface area contributed by atoms with Crippen LogP contribution in [0.15, 0.2) is 18.2 Å². The minimum absolute atomic E-state index is 0.158. The van der Waals surface area contributed by atoms with Gasteiger partial charge in [-0.2, -0.15) is 0 Å². The Morgan fingerprint density at radius 3 is 2.83 bits per heavy atom. The van der Waals surface area contributed by atoms with Crippen molar-refractivity contribution in [2.75, 3.05) is 13.7 Å². The summed E-state index contributed by atoms with van der Waals surface area (Å²) in [4.78, 5) is 0. The summed E-state index contributed by atoms with van der Waals surface area (Å²) in [5.41, 5.74) is 1.99. The molecule has 1 aromatic rings. The van der Waals surface area contributed by atoms with Crippen molar-refractivity contribution in [1.29, 1.82) is 0 Å². The lowest BCUT2D eigenvalue weighted by atomic mass is 9.96. The number of rotatable bonds is 4. The third-order valence-electron chi connectivity index (χ3n) is 3.59. The predicted molar refractivity (Wildman–Crippen MR) is 71.1 cm³/mol. The van der Waals surface area contributed by atoms with Gasteiger partial charge in [0.2, 0.25) is 0 Å². The van der Waals surface area contributed by atoms with Gasteiger partial charge in [-0.05, 0) is 62.9 Å². The summed E-state index contributed by atoms with van der Waals surface area (Å²) < 4.78 is 19.2. The van der Waals surface area contributed by atoms with E-state index >= 15 is 0 Å². The van der Waals surface area contributed by atoms with Gasteiger partial charge in [0.05, 0.1) is 6.10 Å². The molecular weight excluding hydrogens is 229 g/mol. The molecule has 3 heteroatoms. The minimum Gasteiger partial charge on any atom is -0.378 e. The van der Waals surface area contributed by atoms with Crippen LogP contribution in [0.25, 0.3) is 0 Å². The molecule has 0 bridgehead atoms. The molecule has 1 aliphatic rings. The second-order valence-corrected chi connectivity index (χ2v) is 5.13. The van der Waals surface area contributed by atoms with Gasteiger partial charge in [0.25, 0.3) is 0 Å². The van der Waals surface area contributed by atoms with Crippen LogP contribution in [0.2, 0.25) is 0 Å². The topological polar surface area (TPSA) is 21.3 Å². The van der Waals surface area contributed by atoms with Crippen molar-refractivity contribution < 1.29 is 9.13 Å².